The van der Waals surface area contributed by atoms with E-state index >= 15 is 0 Å². The van der Waals surface area contributed by atoms with Gasteiger partial charge < -0.3 is 47.8 Å². The second-order valence-electron chi connectivity index (χ2n) is 0. The van der Waals surface area contributed by atoms with Gasteiger partial charge in [0.25, 0.3) is 0 Å². The number of rotatable bonds is 0. The van der Waals surface area contributed by atoms with Crippen LogP contribution < -0.4 is 0 Å². The normalized spacial score (nSPS) is 2.57. The summed E-state index contributed by atoms with van der Waals surface area (Å²) in [7, 11) is 0. The molecule has 0 rings (SSSR count). The summed E-state index contributed by atoms with van der Waals surface area (Å²) in [4.78, 5) is 0. The van der Waals surface area contributed by atoms with Crippen LogP contribution in [-0.4, -0.2) is 0 Å². The Morgan fingerprint density at radius 3 is 0.571 bits per heavy atom. The van der Waals surface area contributed by atoms with Crippen molar-refractivity contribution >= 4 is 47.8 Å². The van der Waals surface area contributed by atoms with E-state index in [-0.39, 0.29) is 16.5 Å². The summed E-state index contributed by atoms with van der Waals surface area (Å²) in [5.41, 5.74) is 0. The molecule has 0 aliphatic rings. The quantitative estimate of drug-likeness (QED) is 0.468. The Balaban J connectivity index is -0.00000000900. The van der Waals surface area contributed by atoms with Crippen molar-refractivity contribution < 1.29 is 16.5 Å². The van der Waals surface area contributed by atoms with Crippen LogP contribution in [0.4, 0.5) is 0 Å². The van der Waals surface area contributed by atoms with Crippen molar-refractivity contribution in [1.29, 1.82) is 0 Å². The fourth-order valence-corrected chi connectivity index (χ4v) is 0. The predicted octanol–water partition coefficient (Wildman–Crippen LogP) is 3.52. The van der Waals surface area contributed by atoms with Crippen molar-refractivity contribution in [3.63, 3.8) is 0 Å². The standard InChI is InChI=1S/3CH2Br.Ni/c3*1-2;/h3*1H2;/q3*-1;+3. The van der Waals surface area contributed by atoms with E-state index in [9.17, 15) is 0 Å². The van der Waals surface area contributed by atoms with E-state index in [1.165, 1.54) is 0 Å². The van der Waals surface area contributed by atoms with E-state index in [1.54, 1.807) is 0 Å². The van der Waals surface area contributed by atoms with Gasteiger partial charge in [-0.2, -0.15) is 0 Å². The van der Waals surface area contributed by atoms with E-state index in [0.29, 0.717) is 0 Å². The van der Waals surface area contributed by atoms with Gasteiger partial charge in [-0.05, 0) is 0 Å². The summed E-state index contributed by atoms with van der Waals surface area (Å²) >= 11 is 8.06. The molecule has 0 N–H and O–H groups in total. The Morgan fingerprint density at radius 1 is 0.571 bits per heavy atom. The Labute approximate surface area is 81.1 Å². The molecule has 0 spiro atoms. The molecule has 0 aromatic carbocycles. The number of hydrogen-bond acceptors (Lipinski definition) is 0. The van der Waals surface area contributed by atoms with Crippen molar-refractivity contribution in [2.45, 2.75) is 0 Å². The van der Waals surface area contributed by atoms with Crippen LogP contribution in [-0.2, 0) is 16.5 Å². The molecule has 0 amide bonds. The summed E-state index contributed by atoms with van der Waals surface area (Å²) in [5, 5.41) is 0. The van der Waals surface area contributed by atoms with Crippen LogP contribution in [0.2, 0.25) is 0 Å². The van der Waals surface area contributed by atoms with Gasteiger partial charge in [0, 0.05) is 0 Å². The van der Waals surface area contributed by atoms with Crippen LogP contribution in [0.5, 0.6) is 0 Å². The molecular formula is C3H6Br3Ni. The van der Waals surface area contributed by atoms with Gasteiger partial charge in [0.05, 0.1) is 0 Å². The van der Waals surface area contributed by atoms with Gasteiger partial charge >= 0.3 is 16.5 Å². The topological polar surface area (TPSA) is 0 Å². The van der Waals surface area contributed by atoms with Crippen molar-refractivity contribution in [2.24, 2.45) is 0 Å². The molecule has 0 saturated heterocycles. The molecule has 1 radical (unpaired) electrons. The summed E-state index contributed by atoms with van der Waals surface area (Å²) in [6, 6.07) is 0. The zero-order chi connectivity index (χ0) is 6.00. The maximum atomic E-state index is 3.06. The van der Waals surface area contributed by atoms with Gasteiger partial charge in [0.1, 0.15) is 0 Å². The summed E-state index contributed by atoms with van der Waals surface area (Å²) in [6.45, 7) is 0. The number of halogens is 3. The summed E-state index contributed by atoms with van der Waals surface area (Å²) in [5.74, 6) is 9.19. The summed E-state index contributed by atoms with van der Waals surface area (Å²) < 4.78 is 0. The second-order valence-corrected chi connectivity index (χ2v) is 0. The molecule has 0 aliphatic heterocycles. The SMILES string of the molecule is [CH2-]Br.[CH2-]Br.[CH2-]Br.[Ni+3]. The Bertz CT molecular complexity index is 10.1. The minimum Gasteiger partial charge on any atom is -0.323 e. The molecule has 49 valence electrons. The zero-order valence-corrected chi connectivity index (χ0v) is 9.32. The molecular weight excluding hydrogens is 334 g/mol. The van der Waals surface area contributed by atoms with E-state index in [0.717, 1.165) is 0 Å². The Kier molecular flexibility index (Phi) is 337. The third kappa shape index (κ3) is 74.7. The molecule has 7 heavy (non-hydrogen) atoms. The van der Waals surface area contributed by atoms with Crippen molar-refractivity contribution in [3.05, 3.63) is 17.5 Å². The minimum atomic E-state index is 0. The van der Waals surface area contributed by atoms with Crippen LogP contribution >= 0.6 is 47.8 Å². The summed E-state index contributed by atoms with van der Waals surface area (Å²) in [6.07, 6.45) is 0. The maximum Gasteiger partial charge on any atom is 3.00 e. The van der Waals surface area contributed by atoms with Crippen molar-refractivity contribution in [2.75, 3.05) is 0 Å². The van der Waals surface area contributed by atoms with Crippen molar-refractivity contribution in [1.82, 2.24) is 0 Å². The predicted molar refractivity (Wildman–Crippen MR) is 42.9 cm³/mol. The molecule has 0 aromatic rings. The monoisotopic (exact) mass is 337 g/mol. The van der Waals surface area contributed by atoms with Gasteiger partial charge in [-0.3, -0.25) is 17.5 Å². The van der Waals surface area contributed by atoms with Crippen LogP contribution in [0.3, 0.4) is 0 Å². The van der Waals surface area contributed by atoms with E-state index in [1.807, 2.05) is 0 Å². The smallest absolute Gasteiger partial charge is 0.323 e. The molecule has 0 bridgehead atoms. The zero-order valence-electron chi connectivity index (χ0n) is 3.57. The van der Waals surface area contributed by atoms with Gasteiger partial charge in [-0.25, -0.2) is 0 Å². The fraction of sp³-hybridized carbons (Fsp3) is 0. The number of hydrogen-bond donors (Lipinski definition) is 0. The first kappa shape index (κ1) is 23.1. The third-order valence-electron chi connectivity index (χ3n) is 0. The average molecular weight is 340 g/mol. The molecule has 4 heteroatoms. The van der Waals surface area contributed by atoms with E-state index in [2.05, 4.69) is 65.3 Å². The van der Waals surface area contributed by atoms with Gasteiger partial charge in [-0.15, -0.1) is 0 Å². The van der Waals surface area contributed by atoms with Crippen LogP contribution in [0.25, 0.3) is 0 Å². The molecule has 0 saturated carbocycles. The van der Waals surface area contributed by atoms with Crippen LogP contribution in [0.15, 0.2) is 0 Å². The minimum absolute atomic E-state index is 0. The Morgan fingerprint density at radius 2 is 0.571 bits per heavy atom. The first-order valence-electron chi connectivity index (χ1n) is 0.802. The van der Waals surface area contributed by atoms with Gasteiger partial charge in [0.15, 0.2) is 0 Å². The second kappa shape index (κ2) is 102. The largest absolute Gasteiger partial charge is 3.00 e. The molecule has 0 aromatic heterocycles. The Hall–Kier alpha value is 1.93. The molecule has 0 unspecified atom stereocenters. The molecule has 0 nitrogen and oxygen atoms in total. The molecule has 0 fully saturated rings. The average Bonchev–Trinajstić information content (AvgIpc) is 1.81. The van der Waals surface area contributed by atoms with E-state index < -0.39 is 0 Å². The van der Waals surface area contributed by atoms with Crippen molar-refractivity contribution in [3.8, 4) is 0 Å². The van der Waals surface area contributed by atoms with Crippen LogP contribution in [0, 0.1) is 17.5 Å². The molecule has 0 atom stereocenters. The van der Waals surface area contributed by atoms with Gasteiger partial charge in [0.2, 0.25) is 0 Å². The molecule has 0 heterocycles. The first-order chi connectivity index (χ1) is 3.00. The molecule has 0 aliphatic carbocycles. The fourth-order valence-electron chi connectivity index (χ4n) is 0. The van der Waals surface area contributed by atoms with E-state index in [4.69, 9.17) is 0 Å². The van der Waals surface area contributed by atoms with Gasteiger partial charge in [-0.1, -0.05) is 0 Å². The maximum absolute atomic E-state index is 3.06. The first-order valence-corrected chi connectivity index (χ1v) is 4.17. The third-order valence-corrected chi connectivity index (χ3v) is 0. The van der Waals surface area contributed by atoms with Crippen LogP contribution in [0.1, 0.15) is 0 Å².